The minimum atomic E-state index is 0.901. The van der Waals surface area contributed by atoms with E-state index in [1.807, 2.05) is 12.1 Å². The van der Waals surface area contributed by atoms with Gasteiger partial charge in [-0.1, -0.05) is 133 Å². The maximum Gasteiger partial charge on any atom is 0.136 e. The van der Waals surface area contributed by atoms with Crippen LogP contribution in [0.15, 0.2) is 205 Å². The van der Waals surface area contributed by atoms with Gasteiger partial charge in [0.05, 0.1) is 0 Å². The predicted molar refractivity (Wildman–Crippen MR) is 220 cm³/mol. The van der Waals surface area contributed by atoms with Crippen molar-refractivity contribution in [1.29, 1.82) is 0 Å². The smallest absolute Gasteiger partial charge is 0.136 e. The van der Waals surface area contributed by atoms with Crippen molar-refractivity contribution in [2.24, 2.45) is 0 Å². The Labute approximate surface area is 302 Å². The van der Waals surface area contributed by atoms with Gasteiger partial charge in [-0.15, -0.1) is 0 Å². The summed E-state index contributed by atoms with van der Waals surface area (Å²) in [4.78, 5) is 2.33. The fourth-order valence-electron chi connectivity index (χ4n) is 7.63. The summed E-state index contributed by atoms with van der Waals surface area (Å²) < 4.78 is 6.23. The van der Waals surface area contributed by atoms with Gasteiger partial charge >= 0.3 is 0 Å². The van der Waals surface area contributed by atoms with Crippen molar-refractivity contribution in [1.82, 2.24) is 0 Å². The Bertz CT molecular complexity index is 2900. The summed E-state index contributed by atoms with van der Waals surface area (Å²) in [6, 6.07) is 71.8. The van der Waals surface area contributed by atoms with Crippen molar-refractivity contribution < 1.29 is 4.42 Å². The van der Waals surface area contributed by atoms with Crippen LogP contribution in [-0.2, 0) is 0 Å². The first-order valence-electron chi connectivity index (χ1n) is 17.7. The molecule has 2 nitrogen and oxygen atoms in total. The number of benzene rings is 9. The summed E-state index contributed by atoms with van der Waals surface area (Å²) in [5.74, 6) is 0. The molecule has 0 unspecified atom stereocenters. The largest absolute Gasteiger partial charge is 0.456 e. The molecule has 0 aliphatic heterocycles. The number of nitrogens with zero attached hydrogens (tertiary/aromatic N) is 1. The molecule has 0 amide bonds. The van der Waals surface area contributed by atoms with Crippen molar-refractivity contribution in [3.63, 3.8) is 0 Å². The molecule has 9 aromatic carbocycles. The van der Waals surface area contributed by atoms with Crippen LogP contribution in [0.2, 0.25) is 0 Å². The first-order chi connectivity index (χ1) is 25.7. The van der Waals surface area contributed by atoms with Gasteiger partial charge in [-0.25, -0.2) is 0 Å². The molecule has 0 N–H and O–H groups in total. The van der Waals surface area contributed by atoms with Crippen molar-refractivity contribution in [3.05, 3.63) is 200 Å². The van der Waals surface area contributed by atoms with Gasteiger partial charge in [0.15, 0.2) is 0 Å². The maximum absolute atomic E-state index is 6.23. The van der Waals surface area contributed by atoms with Crippen molar-refractivity contribution in [2.45, 2.75) is 0 Å². The number of para-hydroxylation sites is 2. The molecule has 2 heteroatoms. The molecule has 1 heterocycles. The number of furan rings is 1. The van der Waals surface area contributed by atoms with Crippen LogP contribution in [0, 0.1) is 0 Å². The Balaban J connectivity index is 1.02. The van der Waals surface area contributed by atoms with E-state index in [1.54, 1.807) is 0 Å². The van der Waals surface area contributed by atoms with Gasteiger partial charge < -0.3 is 9.32 Å². The maximum atomic E-state index is 6.23. The topological polar surface area (TPSA) is 16.4 Å². The average molecular weight is 664 g/mol. The van der Waals surface area contributed by atoms with Gasteiger partial charge in [-0.2, -0.15) is 0 Å². The first-order valence-corrected chi connectivity index (χ1v) is 17.7. The number of anilines is 3. The van der Waals surface area contributed by atoms with E-state index < -0.39 is 0 Å². The molecule has 0 radical (unpaired) electrons. The minimum Gasteiger partial charge on any atom is -0.456 e. The lowest BCUT2D eigenvalue weighted by atomic mass is 9.96. The Kier molecular flexibility index (Phi) is 7.18. The van der Waals surface area contributed by atoms with E-state index in [2.05, 4.69) is 193 Å². The zero-order chi connectivity index (χ0) is 34.4. The van der Waals surface area contributed by atoms with Gasteiger partial charge in [0.2, 0.25) is 0 Å². The summed E-state index contributed by atoms with van der Waals surface area (Å²) in [5, 5.41) is 7.26. The fraction of sp³-hybridized carbons (Fsp3) is 0. The third-order valence-electron chi connectivity index (χ3n) is 10.2. The van der Waals surface area contributed by atoms with Crippen LogP contribution in [0.25, 0.3) is 76.9 Å². The predicted octanol–water partition coefficient (Wildman–Crippen LogP) is 14.4. The first kappa shape index (κ1) is 30.0. The van der Waals surface area contributed by atoms with Crippen LogP contribution >= 0.6 is 0 Å². The monoisotopic (exact) mass is 663 g/mol. The quantitative estimate of drug-likeness (QED) is 0.176. The second-order valence-electron chi connectivity index (χ2n) is 13.4. The summed E-state index contributed by atoms with van der Waals surface area (Å²) in [6.45, 7) is 0. The summed E-state index contributed by atoms with van der Waals surface area (Å²) in [7, 11) is 0. The van der Waals surface area contributed by atoms with Crippen molar-refractivity contribution in [3.8, 4) is 33.4 Å². The standard InChI is InChI=1S/C50H33NO/c1-2-13-43(14-3-1)51(45-15-8-12-41(33-45)46-17-9-19-49-50(46)47-16-6-7-18-48(47)52-49)44-28-26-35(27-29-44)38-23-21-36-22-25-40(32-42(36)31-38)39-24-20-34-10-4-5-11-37(34)30-39/h1-33H. The third kappa shape index (κ3) is 5.30. The molecule has 10 rings (SSSR count). The number of hydrogen-bond acceptors (Lipinski definition) is 2. The van der Waals surface area contributed by atoms with E-state index in [-0.39, 0.29) is 0 Å². The Morgan fingerprint density at radius 3 is 1.65 bits per heavy atom. The van der Waals surface area contributed by atoms with Crippen LogP contribution in [0.1, 0.15) is 0 Å². The summed E-state index contributed by atoms with van der Waals surface area (Å²) in [5.41, 5.74) is 12.2. The number of rotatable bonds is 6. The molecule has 0 aliphatic rings. The Morgan fingerprint density at radius 2 is 0.865 bits per heavy atom. The highest BCUT2D eigenvalue weighted by Gasteiger charge is 2.16. The van der Waals surface area contributed by atoms with E-state index >= 15 is 0 Å². The van der Waals surface area contributed by atoms with Crippen LogP contribution in [-0.4, -0.2) is 0 Å². The molecule has 0 saturated heterocycles. The van der Waals surface area contributed by atoms with Crippen molar-refractivity contribution in [2.75, 3.05) is 4.90 Å². The van der Waals surface area contributed by atoms with Gasteiger partial charge in [0, 0.05) is 27.8 Å². The lowest BCUT2D eigenvalue weighted by molar-refractivity contribution is 0.669. The Morgan fingerprint density at radius 1 is 0.308 bits per heavy atom. The van der Waals surface area contributed by atoms with E-state index in [0.717, 1.165) is 50.1 Å². The molecule has 0 spiro atoms. The highest BCUT2D eigenvalue weighted by atomic mass is 16.3. The molecule has 244 valence electrons. The van der Waals surface area contributed by atoms with Gasteiger partial charge in [0.1, 0.15) is 11.2 Å². The summed E-state index contributed by atoms with van der Waals surface area (Å²) >= 11 is 0. The molecule has 0 saturated carbocycles. The van der Waals surface area contributed by atoms with E-state index in [4.69, 9.17) is 4.42 Å². The van der Waals surface area contributed by atoms with Crippen LogP contribution in [0.4, 0.5) is 17.1 Å². The lowest BCUT2D eigenvalue weighted by Crippen LogP contribution is -2.09. The highest BCUT2D eigenvalue weighted by Crippen LogP contribution is 2.41. The van der Waals surface area contributed by atoms with E-state index in [9.17, 15) is 0 Å². The molecule has 1 aromatic heterocycles. The van der Waals surface area contributed by atoms with Crippen LogP contribution in [0.5, 0.6) is 0 Å². The Hall–Kier alpha value is -6.90. The van der Waals surface area contributed by atoms with E-state index in [0.29, 0.717) is 0 Å². The number of hydrogen-bond donors (Lipinski definition) is 0. The van der Waals surface area contributed by atoms with E-state index in [1.165, 1.54) is 43.8 Å². The van der Waals surface area contributed by atoms with Crippen LogP contribution < -0.4 is 4.90 Å². The molecular weight excluding hydrogens is 631 g/mol. The molecule has 0 atom stereocenters. The van der Waals surface area contributed by atoms with Crippen LogP contribution in [0.3, 0.4) is 0 Å². The zero-order valence-electron chi connectivity index (χ0n) is 28.4. The SMILES string of the molecule is c1ccc(N(c2ccc(-c3ccc4ccc(-c5ccc6ccccc6c5)cc4c3)cc2)c2cccc(-c3cccc4oc5ccccc5c34)c2)cc1. The second-order valence-corrected chi connectivity index (χ2v) is 13.4. The molecule has 52 heavy (non-hydrogen) atoms. The lowest BCUT2D eigenvalue weighted by Gasteiger charge is -2.26. The molecule has 10 aromatic rings. The molecular formula is C50H33NO. The van der Waals surface area contributed by atoms with Gasteiger partial charge in [-0.05, 0) is 122 Å². The molecule has 0 aliphatic carbocycles. The van der Waals surface area contributed by atoms with Crippen molar-refractivity contribution >= 4 is 60.5 Å². The highest BCUT2D eigenvalue weighted by molar-refractivity contribution is 6.12. The average Bonchev–Trinajstić information content (AvgIpc) is 3.60. The zero-order valence-corrected chi connectivity index (χ0v) is 28.4. The minimum absolute atomic E-state index is 0.901. The number of fused-ring (bicyclic) bond motifs is 5. The van der Waals surface area contributed by atoms with Gasteiger partial charge in [0.25, 0.3) is 0 Å². The molecule has 0 fully saturated rings. The molecule has 0 bridgehead atoms. The van der Waals surface area contributed by atoms with Gasteiger partial charge in [-0.3, -0.25) is 0 Å². The summed E-state index contributed by atoms with van der Waals surface area (Å²) in [6.07, 6.45) is 0. The second kappa shape index (κ2) is 12.5. The fourth-order valence-corrected chi connectivity index (χ4v) is 7.63. The third-order valence-corrected chi connectivity index (χ3v) is 10.2. The normalized spacial score (nSPS) is 11.5.